The van der Waals surface area contributed by atoms with Crippen LogP contribution in [0.3, 0.4) is 0 Å². The van der Waals surface area contributed by atoms with Gasteiger partial charge in [0.15, 0.2) is 0 Å². The molecule has 0 aromatic carbocycles. The predicted molar refractivity (Wildman–Crippen MR) is 46.7 cm³/mol. The van der Waals surface area contributed by atoms with Crippen molar-refractivity contribution in [2.75, 3.05) is 0 Å². The van der Waals surface area contributed by atoms with Crippen molar-refractivity contribution < 1.29 is 0 Å². The second kappa shape index (κ2) is 5.10. The zero-order chi connectivity index (χ0) is 8.69. The van der Waals surface area contributed by atoms with E-state index in [1.165, 1.54) is 24.4 Å². The van der Waals surface area contributed by atoms with Gasteiger partial charge in [-0.3, -0.25) is 0 Å². The molecule has 60 valence electrons. The van der Waals surface area contributed by atoms with E-state index in [0.717, 1.165) is 6.21 Å². The first kappa shape index (κ1) is 9.29. The molecule has 0 unspecified atom stereocenters. The molecule has 0 amide bonds. The molecule has 0 bridgehead atoms. The normalized spacial score (nSPS) is 13.8. The van der Waals surface area contributed by atoms with Crippen molar-refractivity contribution in [2.24, 2.45) is 17.2 Å². The Labute approximate surface area is 65.6 Å². The standard InChI is InChI=1S/C7H12N4/c8-3-1-6(10)5-7(11)2-4-9/h1-5,8H,9-11H2/b4-2+,6-1-,7-5+,8-3?. The van der Waals surface area contributed by atoms with Gasteiger partial charge in [-0.1, -0.05) is 0 Å². The van der Waals surface area contributed by atoms with E-state index in [1.54, 1.807) is 0 Å². The van der Waals surface area contributed by atoms with Crippen molar-refractivity contribution in [3.8, 4) is 0 Å². The fourth-order valence-corrected chi connectivity index (χ4v) is 0.496. The van der Waals surface area contributed by atoms with Crippen molar-refractivity contribution in [1.82, 2.24) is 0 Å². The van der Waals surface area contributed by atoms with Crippen molar-refractivity contribution in [2.45, 2.75) is 0 Å². The van der Waals surface area contributed by atoms with Crippen LogP contribution in [0.2, 0.25) is 0 Å². The lowest BCUT2D eigenvalue weighted by molar-refractivity contribution is 1.34. The van der Waals surface area contributed by atoms with Gasteiger partial charge in [-0.25, -0.2) is 0 Å². The number of nitrogens with two attached hydrogens (primary N) is 3. The maximum atomic E-state index is 6.69. The van der Waals surface area contributed by atoms with Crippen LogP contribution in [0.25, 0.3) is 0 Å². The molecule has 0 aliphatic carbocycles. The SMILES string of the molecule is N=C/C=C(N)/C=C(N)\C=C\N. The molecule has 0 rings (SSSR count). The summed E-state index contributed by atoms with van der Waals surface area (Å²) < 4.78 is 0. The summed E-state index contributed by atoms with van der Waals surface area (Å²) in [5.41, 5.74) is 16.8. The zero-order valence-corrected chi connectivity index (χ0v) is 6.12. The van der Waals surface area contributed by atoms with Crippen molar-refractivity contribution in [1.29, 1.82) is 5.41 Å². The summed E-state index contributed by atoms with van der Waals surface area (Å²) in [4.78, 5) is 0. The highest BCUT2D eigenvalue weighted by Gasteiger charge is 1.83. The topological polar surface area (TPSA) is 102 Å². The Kier molecular flexibility index (Phi) is 4.31. The average molecular weight is 152 g/mol. The number of allylic oxidation sites excluding steroid dienone is 3. The van der Waals surface area contributed by atoms with E-state index in [9.17, 15) is 0 Å². The van der Waals surface area contributed by atoms with Gasteiger partial charge in [-0.2, -0.15) is 0 Å². The molecule has 0 radical (unpaired) electrons. The van der Waals surface area contributed by atoms with Crippen LogP contribution in [0, 0.1) is 5.41 Å². The third-order valence-electron chi connectivity index (χ3n) is 0.898. The van der Waals surface area contributed by atoms with Crippen molar-refractivity contribution in [3.05, 3.63) is 35.8 Å². The molecule has 4 heteroatoms. The molecule has 7 N–H and O–H groups in total. The maximum absolute atomic E-state index is 6.69. The van der Waals surface area contributed by atoms with Gasteiger partial charge in [0.1, 0.15) is 0 Å². The van der Waals surface area contributed by atoms with E-state index in [4.69, 9.17) is 22.6 Å². The average Bonchev–Trinajstić information content (AvgIpc) is 1.87. The summed E-state index contributed by atoms with van der Waals surface area (Å²) in [6, 6.07) is 0. The first-order chi connectivity index (χ1) is 5.20. The van der Waals surface area contributed by atoms with Gasteiger partial charge in [0.25, 0.3) is 0 Å². The van der Waals surface area contributed by atoms with Gasteiger partial charge in [0, 0.05) is 17.6 Å². The number of hydrogen-bond donors (Lipinski definition) is 4. The summed E-state index contributed by atoms with van der Waals surface area (Å²) in [5.74, 6) is 0. The van der Waals surface area contributed by atoms with E-state index in [2.05, 4.69) is 0 Å². The molecule has 0 aliphatic heterocycles. The molecule has 0 saturated carbocycles. The number of hydrogen-bond acceptors (Lipinski definition) is 4. The molecule has 0 atom stereocenters. The predicted octanol–water partition coefficient (Wildman–Crippen LogP) is -0.206. The molecule has 0 aromatic heterocycles. The summed E-state index contributed by atoms with van der Waals surface area (Å²) in [7, 11) is 0. The first-order valence-electron chi connectivity index (χ1n) is 3.02. The van der Waals surface area contributed by atoms with Crippen LogP contribution in [-0.2, 0) is 0 Å². The molecule has 0 spiro atoms. The summed E-state index contributed by atoms with van der Waals surface area (Å²) in [6.07, 6.45) is 6.88. The summed E-state index contributed by atoms with van der Waals surface area (Å²) in [5, 5.41) is 6.69. The van der Waals surface area contributed by atoms with Crippen LogP contribution < -0.4 is 17.2 Å². The highest BCUT2D eigenvalue weighted by Crippen LogP contribution is 1.90. The second-order valence-corrected chi connectivity index (χ2v) is 1.84. The fraction of sp³-hybridized carbons (Fsp3) is 0. The third-order valence-corrected chi connectivity index (χ3v) is 0.898. The smallest absolute Gasteiger partial charge is 0.0349 e. The molecule has 0 saturated heterocycles. The summed E-state index contributed by atoms with van der Waals surface area (Å²) >= 11 is 0. The first-order valence-corrected chi connectivity index (χ1v) is 3.02. The highest BCUT2D eigenvalue weighted by atomic mass is 14.6. The quantitative estimate of drug-likeness (QED) is 0.332. The minimum Gasteiger partial charge on any atom is -0.405 e. The lowest BCUT2D eigenvalue weighted by Crippen LogP contribution is -2.00. The van der Waals surface area contributed by atoms with Crippen LogP contribution in [0.4, 0.5) is 0 Å². The lowest BCUT2D eigenvalue weighted by Gasteiger charge is -1.92. The Bertz CT molecular complexity index is 212. The van der Waals surface area contributed by atoms with Gasteiger partial charge in [0.2, 0.25) is 0 Å². The number of rotatable bonds is 3. The Morgan fingerprint density at radius 3 is 2.27 bits per heavy atom. The van der Waals surface area contributed by atoms with Gasteiger partial charge in [0.05, 0.1) is 0 Å². The molecular weight excluding hydrogens is 140 g/mol. The van der Waals surface area contributed by atoms with Crippen LogP contribution in [-0.4, -0.2) is 6.21 Å². The van der Waals surface area contributed by atoms with Gasteiger partial charge >= 0.3 is 0 Å². The largest absolute Gasteiger partial charge is 0.405 e. The van der Waals surface area contributed by atoms with Gasteiger partial charge in [-0.05, 0) is 24.4 Å². The summed E-state index contributed by atoms with van der Waals surface area (Å²) in [6.45, 7) is 0. The molecule has 11 heavy (non-hydrogen) atoms. The minimum absolute atomic E-state index is 0.426. The van der Waals surface area contributed by atoms with E-state index < -0.39 is 0 Å². The number of nitrogens with one attached hydrogen (secondary N) is 1. The van der Waals surface area contributed by atoms with Crippen LogP contribution in [0.15, 0.2) is 35.8 Å². The maximum Gasteiger partial charge on any atom is 0.0349 e. The van der Waals surface area contributed by atoms with Crippen LogP contribution in [0.1, 0.15) is 0 Å². The van der Waals surface area contributed by atoms with Gasteiger partial charge in [-0.15, -0.1) is 0 Å². The van der Waals surface area contributed by atoms with E-state index in [0.29, 0.717) is 11.4 Å². The fourth-order valence-electron chi connectivity index (χ4n) is 0.496. The van der Waals surface area contributed by atoms with Crippen LogP contribution >= 0.6 is 0 Å². The Morgan fingerprint density at radius 1 is 1.18 bits per heavy atom. The monoisotopic (exact) mass is 152 g/mol. The van der Waals surface area contributed by atoms with Gasteiger partial charge < -0.3 is 22.6 Å². The Morgan fingerprint density at radius 2 is 1.82 bits per heavy atom. The molecule has 0 aliphatic rings. The lowest BCUT2D eigenvalue weighted by atomic mass is 10.3. The molecule has 4 nitrogen and oxygen atoms in total. The minimum atomic E-state index is 0.426. The van der Waals surface area contributed by atoms with E-state index >= 15 is 0 Å². The Balaban J connectivity index is 4.29. The van der Waals surface area contributed by atoms with Crippen molar-refractivity contribution >= 4 is 6.21 Å². The van der Waals surface area contributed by atoms with Crippen LogP contribution in [0.5, 0.6) is 0 Å². The molecule has 0 fully saturated rings. The zero-order valence-electron chi connectivity index (χ0n) is 6.12. The third kappa shape index (κ3) is 4.77. The molecule has 0 aromatic rings. The molecule has 0 heterocycles. The Hall–Kier alpha value is -1.71. The molecular formula is C7H12N4. The highest BCUT2D eigenvalue weighted by molar-refractivity contribution is 5.69. The van der Waals surface area contributed by atoms with E-state index in [1.807, 2.05) is 0 Å². The van der Waals surface area contributed by atoms with E-state index in [-0.39, 0.29) is 0 Å². The van der Waals surface area contributed by atoms with Crippen molar-refractivity contribution in [3.63, 3.8) is 0 Å². The second-order valence-electron chi connectivity index (χ2n) is 1.84.